The molecule has 0 unspecified atom stereocenters. The van der Waals surface area contributed by atoms with Crippen molar-refractivity contribution in [2.45, 2.75) is 12.4 Å². The molecule has 0 saturated carbocycles. The number of imidazole rings is 1. The first kappa shape index (κ1) is 13.6. The molecule has 1 aromatic heterocycles. The molecule has 2 aromatic carbocycles. The minimum atomic E-state index is -0.265. The summed E-state index contributed by atoms with van der Waals surface area (Å²) in [4.78, 5) is 4.45. The van der Waals surface area contributed by atoms with Crippen molar-refractivity contribution in [2.75, 3.05) is 0 Å². The molecule has 3 nitrogen and oxygen atoms in total. The van der Waals surface area contributed by atoms with E-state index in [2.05, 4.69) is 11.1 Å². The van der Waals surface area contributed by atoms with Crippen molar-refractivity contribution in [3.8, 4) is 6.07 Å². The summed E-state index contributed by atoms with van der Waals surface area (Å²) < 4.78 is 14.9. The first-order valence-corrected chi connectivity index (χ1v) is 6.95. The summed E-state index contributed by atoms with van der Waals surface area (Å²) in [6.45, 7) is 0.535. The highest BCUT2D eigenvalue weighted by molar-refractivity contribution is 6.16. The number of nitriles is 1. The zero-order valence-electron chi connectivity index (χ0n) is 11.1. The number of hydrogen-bond acceptors (Lipinski definition) is 2. The van der Waals surface area contributed by atoms with Crippen LogP contribution < -0.4 is 0 Å². The highest BCUT2D eigenvalue weighted by atomic mass is 35.5. The zero-order valence-corrected chi connectivity index (χ0v) is 11.8. The SMILES string of the molecule is N#Cc1cccc2c1nc(CCl)n2Cc1ccc(F)cc1. The Morgan fingerprint density at radius 1 is 1.19 bits per heavy atom. The lowest BCUT2D eigenvalue weighted by atomic mass is 10.2. The van der Waals surface area contributed by atoms with E-state index in [-0.39, 0.29) is 11.7 Å². The van der Waals surface area contributed by atoms with E-state index in [1.165, 1.54) is 12.1 Å². The molecule has 5 heteroatoms. The van der Waals surface area contributed by atoms with Gasteiger partial charge in [-0.1, -0.05) is 18.2 Å². The molecule has 1 heterocycles. The number of alkyl halides is 1. The van der Waals surface area contributed by atoms with Crippen LogP contribution in [0.4, 0.5) is 4.39 Å². The molecule has 0 spiro atoms. The largest absolute Gasteiger partial charge is 0.322 e. The Balaban J connectivity index is 2.13. The van der Waals surface area contributed by atoms with E-state index in [4.69, 9.17) is 16.9 Å². The molecule has 104 valence electrons. The maximum Gasteiger partial charge on any atom is 0.125 e. The molecule has 0 saturated heterocycles. The fraction of sp³-hybridized carbons (Fsp3) is 0.125. The maximum absolute atomic E-state index is 13.0. The summed E-state index contributed by atoms with van der Waals surface area (Å²) in [5, 5.41) is 9.15. The molecule has 0 aliphatic carbocycles. The summed E-state index contributed by atoms with van der Waals surface area (Å²) >= 11 is 5.96. The average molecular weight is 300 g/mol. The topological polar surface area (TPSA) is 41.6 Å². The van der Waals surface area contributed by atoms with Gasteiger partial charge in [-0.15, -0.1) is 11.6 Å². The predicted octanol–water partition coefficient (Wildman–Crippen LogP) is 3.83. The minimum Gasteiger partial charge on any atom is -0.322 e. The molecular formula is C16H11ClFN3. The molecule has 0 bridgehead atoms. The van der Waals surface area contributed by atoms with Gasteiger partial charge < -0.3 is 4.57 Å². The number of aromatic nitrogens is 2. The molecule has 3 aromatic rings. The van der Waals surface area contributed by atoms with Crippen molar-refractivity contribution in [3.63, 3.8) is 0 Å². The molecule has 0 atom stereocenters. The number of para-hydroxylation sites is 1. The second-order valence-corrected chi connectivity index (χ2v) is 4.93. The lowest BCUT2D eigenvalue weighted by molar-refractivity contribution is 0.626. The Bertz CT molecular complexity index is 831. The molecular weight excluding hydrogens is 289 g/mol. The molecule has 21 heavy (non-hydrogen) atoms. The van der Waals surface area contributed by atoms with E-state index in [1.807, 2.05) is 16.7 Å². The van der Waals surface area contributed by atoms with E-state index in [1.54, 1.807) is 18.2 Å². The van der Waals surface area contributed by atoms with Gasteiger partial charge in [-0.25, -0.2) is 9.37 Å². The first-order chi connectivity index (χ1) is 10.2. The second kappa shape index (κ2) is 5.55. The average Bonchev–Trinajstić information content (AvgIpc) is 2.87. The molecule has 3 rings (SSSR count). The maximum atomic E-state index is 13.0. The van der Waals surface area contributed by atoms with Gasteiger partial charge in [0, 0.05) is 6.54 Å². The molecule has 0 N–H and O–H groups in total. The van der Waals surface area contributed by atoms with Crippen molar-refractivity contribution in [2.24, 2.45) is 0 Å². The number of rotatable bonds is 3. The van der Waals surface area contributed by atoms with Crippen molar-refractivity contribution in [3.05, 3.63) is 65.2 Å². The van der Waals surface area contributed by atoms with E-state index < -0.39 is 0 Å². The van der Waals surface area contributed by atoms with Crippen LogP contribution >= 0.6 is 11.6 Å². The molecule has 0 fully saturated rings. The van der Waals surface area contributed by atoms with Crippen LogP contribution in [-0.2, 0) is 12.4 Å². The number of benzene rings is 2. The lowest BCUT2D eigenvalue weighted by Gasteiger charge is -2.08. The molecule has 0 amide bonds. The van der Waals surface area contributed by atoms with Gasteiger partial charge in [-0.3, -0.25) is 0 Å². The lowest BCUT2D eigenvalue weighted by Crippen LogP contribution is -2.03. The van der Waals surface area contributed by atoms with Crippen LogP contribution in [0.2, 0.25) is 0 Å². The summed E-state index contributed by atoms with van der Waals surface area (Å²) in [7, 11) is 0. The van der Waals surface area contributed by atoms with Crippen LogP contribution in [0.1, 0.15) is 17.0 Å². The van der Waals surface area contributed by atoms with Crippen molar-refractivity contribution < 1.29 is 4.39 Å². The van der Waals surface area contributed by atoms with Gasteiger partial charge in [0.1, 0.15) is 23.2 Å². The van der Waals surface area contributed by atoms with Crippen LogP contribution in [0.3, 0.4) is 0 Å². The molecule has 0 aliphatic rings. The van der Waals surface area contributed by atoms with Gasteiger partial charge in [0.2, 0.25) is 0 Å². The van der Waals surface area contributed by atoms with Gasteiger partial charge in [0.25, 0.3) is 0 Å². The van der Waals surface area contributed by atoms with Crippen molar-refractivity contribution in [1.29, 1.82) is 5.26 Å². The number of nitrogens with zero attached hydrogens (tertiary/aromatic N) is 3. The highest BCUT2D eigenvalue weighted by Crippen LogP contribution is 2.22. The Labute approximate surface area is 126 Å². The summed E-state index contributed by atoms with van der Waals surface area (Å²) in [5.74, 6) is 0.679. The fourth-order valence-corrected chi connectivity index (χ4v) is 2.54. The number of halogens is 2. The van der Waals surface area contributed by atoms with Gasteiger partial charge >= 0.3 is 0 Å². The summed E-state index contributed by atoms with van der Waals surface area (Å²) in [5.41, 5.74) is 2.98. The summed E-state index contributed by atoms with van der Waals surface area (Å²) in [6.07, 6.45) is 0. The van der Waals surface area contributed by atoms with Gasteiger partial charge in [-0.05, 0) is 29.8 Å². The number of fused-ring (bicyclic) bond motifs is 1. The summed E-state index contributed by atoms with van der Waals surface area (Å²) in [6, 6.07) is 13.9. The van der Waals surface area contributed by atoms with E-state index in [9.17, 15) is 4.39 Å². The van der Waals surface area contributed by atoms with E-state index >= 15 is 0 Å². The van der Waals surface area contributed by atoms with Crippen molar-refractivity contribution >= 4 is 22.6 Å². The van der Waals surface area contributed by atoms with Crippen LogP contribution in [-0.4, -0.2) is 9.55 Å². The smallest absolute Gasteiger partial charge is 0.125 e. The van der Waals surface area contributed by atoms with Gasteiger partial charge in [-0.2, -0.15) is 5.26 Å². The second-order valence-electron chi connectivity index (χ2n) is 4.66. The Kier molecular flexibility index (Phi) is 3.59. The van der Waals surface area contributed by atoms with Gasteiger partial charge in [0.05, 0.1) is 17.0 Å². The fourth-order valence-electron chi connectivity index (χ4n) is 2.34. The third kappa shape index (κ3) is 2.48. The van der Waals surface area contributed by atoms with Crippen LogP contribution in [0.15, 0.2) is 42.5 Å². The normalized spacial score (nSPS) is 10.7. The van der Waals surface area contributed by atoms with Crippen LogP contribution in [0.5, 0.6) is 0 Å². The Hall–Kier alpha value is -2.38. The van der Waals surface area contributed by atoms with Crippen LogP contribution in [0, 0.1) is 17.1 Å². The van der Waals surface area contributed by atoms with E-state index in [0.29, 0.717) is 23.4 Å². The number of hydrogen-bond donors (Lipinski definition) is 0. The monoisotopic (exact) mass is 299 g/mol. The van der Waals surface area contributed by atoms with E-state index in [0.717, 1.165) is 11.1 Å². The third-order valence-corrected chi connectivity index (χ3v) is 3.59. The first-order valence-electron chi connectivity index (χ1n) is 6.41. The highest BCUT2D eigenvalue weighted by Gasteiger charge is 2.13. The van der Waals surface area contributed by atoms with Crippen molar-refractivity contribution in [1.82, 2.24) is 9.55 Å². The molecule has 0 aliphatic heterocycles. The quantitative estimate of drug-likeness (QED) is 0.690. The zero-order chi connectivity index (χ0) is 14.8. The molecule has 0 radical (unpaired) electrons. The Morgan fingerprint density at radius 2 is 1.95 bits per heavy atom. The third-order valence-electron chi connectivity index (χ3n) is 3.35. The Morgan fingerprint density at radius 3 is 2.62 bits per heavy atom. The minimum absolute atomic E-state index is 0.251. The van der Waals surface area contributed by atoms with Gasteiger partial charge in [0.15, 0.2) is 0 Å². The standard InChI is InChI=1S/C16H11ClFN3/c17-8-15-20-16-12(9-19)2-1-3-14(16)21(15)10-11-4-6-13(18)7-5-11/h1-7H,8,10H2. The predicted molar refractivity (Wildman–Crippen MR) is 79.5 cm³/mol. The van der Waals surface area contributed by atoms with Crippen LogP contribution in [0.25, 0.3) is 11.0 Å².